The van der Waals surface area contributed by atoms with Crippen molar-refractivity contribution < 1.29 is 23.4 Å². The molecule has 0 radical (unpaired) electrons. The van der Waals surface area contributed by atoms with E-state index in [0.29, 0.717) is 0 Å². The molecule has 1 atom stereocenters. The van der Waals surface area contributed by atoms with E-state index in [1.165, 1.54) is 0 Å². The average molecular weight is 356 g/mol. The van der Waals surface area contributed by atoms with Crippen molar-refractivity contribution in [1.82, 2.24) is 4.72 Å². The number of nitrogens with one attached hydrogen (secondary N) is 1. The van der Waals surface area contributed by atoms with E-state index in [9.17, 15) is 18.3 Å². The van der Waals surface area contributed by atoms with Crippen LogP contribution in [0, 0.1) is 5.92 Å². The van der Waals surface area contributed by atoms with E-state index in [2.05, 4.69) is 4.72 Å². The molecule has 0 saturated heterocycles. The lowest BCUT2D eigenvalue weighted by atomic mass is 10.1. The van der Waals surface area contributed by atoms with Gasteiger partial charge < -0.3 is 10.2 Å². The normalized spacial score (nSPS) is 13.4. The SMILES string of the molecule is CC(C)C(CO)NS(=O)(=O)c1cc(C(=O)O)c(Cl)cc1Cl. The van der Waals surface area contributed by atoms with E-state index >= 15 is 0 Å². The average Bonchev–Trinajstić information content (AvgIpc) is 2.34. The summed E-state index contributed by atoms with van der Waals surface area (Å²) < 4.78 is 26.8. The van der Waals surface area contributed by atoms with Gasteiger partial charge in [-0.1, -0.05) is 37.0 Å². The summed E-state index contributed by atoms with van der Waals surface area (Å²) in [4.78, 5) is 10.6. The van der Waals surface area contributed by atoms with Crippen molar-refractivity contribution in [2.24, 2.45) is 5.92 Å². The van der Waals surface area contributed by atoms with Gasteiger partial charge in [0.05, 0.1) is 22.2 Å². The summed E-state index contributed by atoms with van der Waals surface area (Å²) in [6.07, 6.45) is 0. The Hall–Kier alpha value is -0.860. The summed E-state index contributed by atoms with van der Waals surface area (Å²) in [5, 5.41) is 17.8. The third kappa shape index (κ3) is 4.31. The van der Waals surface area contributed by atoms with Crippen LogP contribution < -0.4 is 4.72 Å². The molecule has 0 aliphatic heterocycles. The van der Waals surface area contributed by atoms with Crippen molar-refractivity contribution in [2.75, 3.05) is 6.61 Å². The Labute approximate surface area is 132 Å². The van der Waals surface area contributed by atoms with Gasteiger partial charge in [-0.2, -0.15) is 0 Å². The van der Waals surface area contributed by atoms with Gasteiger partial charge in [-0.25, -0.2) is 17.9 Å². The van der Waals surface area contributed by atoms with Crippen molar-refractivity contribution >= 4 is 39.2 Å². The zero-order chi connectivity index (χ0) is 16.4. The Morgan fingerprint density at radius 2 is 1.86 bits per heavy atom. The maximum atomic E-state index is 12.3. The fourth-order valence-corrected chi connectivity index (χ4v) is 3.78. The summed E-state index contributed by atoms with van der Waals surface area (Å²) in [5.74, 6) is -1.52. The monoisotopic (exact) mass is 355 g/mol. The molecule has 9 heteroatoms. The van der Waals surface area contributed by atoms with Crippen LogP contribution in [-0.4, -0.2) is 37.2 Å². The van der Waals surface area contributed by atoms with Crippen LogP contribution in [0.5, 0.6) is 0 Å². The first kappa shape index (κ1) is 18.2. The molecule has 118 valence electrons. The quantitative estimate of drug-likeness (QED) is 0.723. The third-order valence-electron chi connectivity index (χ3n) is 2.85. The molecule has 0 amide bonds. The van der Waals surface area contributed by atoms with Gasteiger partial charge in [-0.05, 0) is 18.1 Å². The topological polar surface area (TPSA) is 104 Å². The summed E-state index contributed by atoms with van der Waals surface area (Å²) in [5.41, 5.74) is -0.369. The van der Waals surface area contributed by atoms with Crippen molar-refractivity contribution in [3.8, 4) is 0 Å². The number of sulfonamides is 1. The standard InChI is InChI=1S/C12H15Cl2NO5S/c1-6(2)10(5-16)15-21(19,20)11-3-7(12(17)18)8(13)4-9(11)14/h3-4,6,10,15-16H,5H2,1-2H3,(H,17,18). The number of halogens is 2. The first-order valence-corrected chi connectivity index (χ1v) is 8.19. The molecule has 0 bridgehead atoms. The van der Waals surface area contributed by atoms with E-state index in [1.54, 1.807) is 13.8 Å². The molecule has 0 aliphatic rings. The highest BCUT2D eigenvalue weighted by Crippen LogP contribution is 2.29. The molecule has 6 nitrogen and oxygen atoms in total. The highest BCUT2D eigenvalue weighted by Gasteiger charge is 2.26. The number of aromatic carboxylic acids is 1. The Kier molecular flexibility index (Phi) is 6.01. The second-order valence-electron chi connectivity index (χ2n) is 4.72. The molecular weight excluding hydrogens is 341 g/mol. The number of hydrogen-bond donors (Lipinski definition) is 3. The van der Waals surface area contributed by atoms with Crippen molar-refractivity contribution in [3.05, 3.63) is 27.7 Å². The predicted octanol–water partition coefficient (Wildman–Crippen LogP) is 1.99. The number of carboxylic acids is 1. The van der Waals surface area contributed by atoms with Gasteiger partial charge >= 0.3 is 5.97 Å². The molecule has 1 rings (SSSR count). The second kappa shape index (κ2) is 6.93. The molecule has 3 N–H and O–H groups in total. The molecule has 0 saturated carbocycles. The van der Waals surface area contributed by atoms with Gasteiger partial charge in [0.25, 0.3) is 0 Å². The molecule has 1 aromatic rings. The van der Waals surface area contributed by atoms with Crippen molar-refractivity contribution in [3.63, 3.8) is 0 Å². The van der Waals surface area contributed by atoms with Crippen molar-refractivity contribution in [2.45, 2.75) is 24.8 Å². The van der Waals surface area contributed by atoms with E-state index in [0.717, 1.165) is 12.1 Å². The Morgan fingerprint density at radius 3 is 2.29 bits per heavy atom. The van der Waals surface area contributed by atoms with Crippen LogP contribution in [0.2, 0.25) is 10.0 Å². The summed E-state index contributed by atoms with van der Waals surface area (Å²) >= 11 is 11.5. The number of carboxylic acid groups (broad SMARTS) is 1. The second-order valence-corrected chi connectivity index (χ2v) is 7.22. The molecule has 0 aromatic heterocycles. The molecule has 0 spiro atoms. The molecule has 21 heavy (non-hydrogen) atoms. The minimum absolute atomic E-state index is 0.158. The molecule has 0 heterocycles. The number of benzene rings is 1. The van der Waals surface area contributed by atoms with Crippen LogP contribution in [-0.2, 0) is 10.0 Å². The van der Waals surface area contributed by atoms with Crippen LogP contribution in [0.3, 0.4) is 0 Å². The van der Waals surface area contributed by atoms with Gasteiger partial charge in [0.2, 0.25) is 10.0 Å². The molecule has 0 aliphatic carbocycles. The van der Waals surface area contributed by atoms with E-state index < -0.39 is 33.5 Å². The van der Waals surface area contributed by atoms with Crippen LogP contribution in [0.15, 0.2) is 17.0 Å². The molecule has 1 unspecified atom stereocenters. The first-order valence-electron chi connectivity index (χ1n) is 5.95. The van der Waals surface area contributed by atoms with Crippen LogP contribution in [0.4, 0.5) is 0 Å². The lowest BCUT2D eigenvalue weighted by Crippen LogP contribution is -2.41. The van der Waals surface area contributed by atoms with Gasteiger partial charge in [0.15, 0.2) is 0 Å². The minimum atomic E-state index is -4.08. The third-order valence-corrected chi connectivity index (χ3v) is 5.12. The number of hydrogen-bond acceptors (Lipinski definition) is 4. The van der Waals surface area contributed by atoms with Gasteiger partial charge in [0.1, 0.15) is 4.90 Å². The Bertz CT molecular complexity index is 645. The number of aliphatic hydroxyl groups is 1. The van der Waals surface area contributed by atoms with E-state index in [1.807, 2.05) is 0 Å². The minimum Gasteiger partial charge on any atom is -0.478 e. The smallest absolute Gasteiger partial charge is 0.337 e. The number of rotatable bonds is 6. The fourth-order valence-electron chi connectivity index (χ4n) is 1.55. The summed E-state index contributed by atoms with van der Waals surface area (Å²) in [6.45, 7) is 3.07. The maximum Gasteiger partial charge on any atom is 0.337 e. The zero-order valence-electron chi connectivity index (χ0n) is 11.3. The largest absolute Gasteiger partial charge is 0.478 e. The van der Waals surface area contributed by atoms with Crippen molar-refractivity contribution in [1.29, 1.82) is 0 Å². The number of carbonyl (C=O) groups is 1. The Morgan fingerprint density at radius 1 is 1.29 bits per heavy atom. The number of aliphatic hydroxyl groups excluding tert-OH is 1. The molecule has 1 aromatic carbocycles. The van der Waals surface area contributed by atoms with Gasteiger partial charge in [-0.3, -0.25) is 0 Å². The Balaban J connectivity index is 3.31. The van der Waals surface area contributed by atoms with Crippen LogP contribution >= 0.6 is 23.2 Å². The van der Waals surface area contributed by atoms with Crippen LogP contribution in [0.1, 0.15) is 24.2 Å². The zero-order valence-corrected chi connectivity index (χ0v) is 13.6. The summed E-state index contributed by atoms with van der Waals surface area (Å²) in [7, 11) is -4.08. The maximum absolute atomic E-state index is 12.3. The molecule has 0 fully saturated rings. The highest BCUT2D eigenvalue weighted by molar-refractivity contribution is 7.89. The first-order chi connectivity index (χ1) is 9.60. The van der Waals surface area contributed by atoms with Gasteiger partial charge in [0, 0.05) is 6.04 Å². The predicted molar refractivity (Wildman–Crippen MR) is 79.5 cm³/mol. The lowest BCUT2D eigenvalue weighted by molar-refractivity contribution is 0.0697. The lowest BCUT2D eigenvalue weighted by Gasteiger charge is -2.20. The summed E-state index contributed by atoms with van der Waals surface area (Å²) in [6, 6.07) is 1.24. The fraction of sp³-hybridized carbons (Fsp3) is 0.417. The van der Waals surface area contributed by atoms with E-state index in [4.69, 9.17) is 28.3 Å². The molecular formula is C12H15Cl2NO5S. The highest BCUT2D eigenvalue weighted by atomic mass is 35.5. The van der Waals surface area contributed by atoms with E-state index in [-0.39, 0.29) is 21.5 Å². The van der Waals surface area contributed by atoms with Crippen LogP contribution in [0.25, 0.3) is 0 Å². The van der Waals surface area contributed by atoms with Gasteiger partial charge in [-0.15, -0.1) is 0 Å².